The lowest BCUT2D eigenvalue weighted by Crippen LogP contribution is -2.40. The van der Waals surface area contributed by atoms with E-state index in [1.807, 2.05) is 11.8 Å². The Balaban J connectivity index is 2.03. The van der Waals surface area contributed by atoms with Crippen molar-refractivity contribution in [2.45, 2.75) is 25.1 Å². The van der Waals surface area contributed by atoms with Crippen LogP contribution in [0.3, 0.4) is 0 Å². The Morgan fingerprint density at radius 2 is 2.16 bits per heavy atom. The molecular weight excluding hydrogens is 260 g/mol. The molecule has 0 aromatic heterocycles. The van der Waals surface area contributed by atoms with Gasteiger partial charge in [0.2, 0.25) is 0 Å². The summed E-state index contributed by atoms with van der Waals surface area (Å²) < 4.78 is 0. The summed E-state index contributed by atoms with van der Waals surface area (Å²) in [5.74, 6) is 0.508. The molecule has 19 heavy (non-hydrogen) atoms. The van der Waals surface area contributed by atoms with Crippen LogP contribution in [0, 0.1) is 17.2 Å². The molecule has 3 nitrogen and oxygen atoms in total. The van der Waals surface area contributed by atoms with Crippen molar-refractivity contribution in [2.75, 3.05) is 13.1 Å². The normalized spacial score (nSPS) is 17.8. The Morgan fingerprint density at radius 3 is 2.74 bits per heavy atom. The van der Waals surface area contributed by atoms with Crippen molar-refractivity contribution in [3.63, 3.8) is 0 Å². The standard InChI is InChI=1S/C15H17ClN2O/c1-11(16)13-5-7-18(8-6-13)15(19)14-4-2-3-12(9-14)10-17/h2-4,9,11,13H,5-8H2,1H3. The molecule has 1 saturated heterocycles. The molecule has 1 aromatic carbocycles. The fraction of sp³-hybridized carbons (Fsp3) is 0.467. The molecule has 4 heteroatoms. The van der Waals surface area contributed by atoms with Crippen molar-refractivity contribution in [3.8, 4) is 6.07 Å². The number of alkyl halides is 1. The van der Waals surface area contributed by atoms with E-state index in [4.69, 9.17) is 16.9 Å². The lowest BCUT2D eigenvalue weighted by Gasteiger charge is -2.33. The van der Waals surface area contributed by atoms with Gasteiger partial charge in [-0.05, 0) is 43.9 Å². The van der Waals surface area contributed by atoms with E-state index in [9.17, 15) is 4.79 Å². The average Bonchev–Trinajstić information content (AvgIpc) is 2.46. The lowest BCUT2D eigenvalue weighted by atomic mass is 9.93. The number of nitrogens with zero attached hydrogens (tertiary/aromatic N) is 2. The first kappa shape index (κ1) is 13.9. The number of rotatable bonds is 2. The number of nitriles is 1. The molecule has 100 valence electrons. The lowest BCUT2D eigenvalue weighted by molar-refractivity contribution is 0.0690. The van der Waals surface area contributed by atoms with Crippen LogP contribution < -0.4 is 0 Å². The Kier molecular flexibility index (Phi) is 4.44. The van der Waals surface area contributed by atoms with E-state index >= 15 is 0 Å². The number of hydrogen-bond acceptors (Lipinski definition) is 2. The predicted octanol–water partition coefficient (Wildman–Crippen LogP) is 3.04. The van der Waals surface area contributed by atoms with Crippen molar-refractivity contribution in [3.05, 3.63) is 35.4 Å². The first-order valence-electron chi connectivity index (χ1n) is 6.55. The summed E-state index contributed by atoms with van der Waals surface area (Å²) >= 11 is 6.10. The van der Waals surface area contributed by atoms with E-state index in [-0.39, 0.29) is 11.3 Å². The van der Waals surface area contributed by atoms with Crippen molar-refractivity contribution < 1.29 is 4.79 Å². The van der Waals surface area contributed by atoms with E-state index in [2.05, 4.69) is 6.07 Å². The van der Waals surface area contributed by atoms with Gasteiger partial charge in [-0.3, -0.25) is 4.79 Å². The van der Waals surface area contributed by atoms with Gasteiger partial charge in [0.1, 0.15) is 0 Å². The molecule has 1 amide bonds. The molecule has 0 aliphatic carbocycles. The molecule has 1 aliphatic rings. The highest BCUT2D eigenvalue weighted by Crippen LogP contribution is 2.24. The van der Waals surface area contributed by atoms with Crippen LogP contribution in [0.4, 0.5) is 0 Å². The van der Waals surface area contributed by atoms with Gasteiger partial charge < -0.3 is 4.90 Å². The maximum absolute atomic E-state index is 12.3. The Bertz CT molecular complexity index is 499. The number of piperidine rings is 1. The van der Waals surface area contributed by atoms with Gasteiger partial charge in [0.25, 0.3) is 5.91 Å². The smallest absolute Gasteiger partial charge is 0.253 e. The van der Waals surface area contributed by atoms with E-state index in [0.29, 0.717) is 17.0 Å². The number of carbonyl (C=O) groups excluding carboxylic acids is 1. The number of hydrogen-bond donors (Lipinski definition) is 0. The molecule has 0 N–H and O–H groups in total. The second-order valence-corrected chi connectivity index (χ2v) is 5.69. The summed E-state index contributed by atoms with van der Waals surface area (Å²) in [5.41, 5.74) is 1.12. The summed E-state index contributed by atoms with van der Waals surface area (Å²) in [5, 5.41) is 9.03. The largest absolute Gasteiger partial charge is 0.339 e. The number of amides is 1. The van der Waals surface area contributed by atoms with Gasteiger partial charge in [0.15, 0.2) is 0 Å². The summed E-state index contributed by atoms with van der Waals surface area (Å²) in [6.45, 7) is 3.51. The number of halogens is 1. The van der Waals surface area contributed by atoms with Crippen LogP contribution in [-0.2, 0) is 0 Å². The molecule has 2 rings (SSSR count). The molecule has 1 aliphatic heterocycles. The van der Waals surface area contributed by atoms with Crippen LogP contribution in [0.1, 0.15) is 35.7 Å². The monoisotopic (exact) mass is 276 g/mol. The molecule has 1 aromatic rings. The fourth-order valence-corrected chi connectivity index (χ4v) is 2.72. The van der Waals surface area contributed by atoms with Crippen LogP contribution in [0.15, 0.2) is 24.3 Å². The van der Waals surface area contributed by atoms with Gasteiger partial charge >= 0.3 is 0 Å². The first-order chi connectivity index (χ1) is 9.11. The van der Waals surface area contributed by atoms with Crippen LogP contribution in [0.25, 0.3) is 0 Å². The van der Waals surface area contributed by atoms with Crippen LogP contribution in [0.5, 0.6) is 0 Å². The van der Waals surface area contributed by atoms with Crippen LogP contribution in [0.2, 0.25) is 0 Å². The van der Waals surface area contributed by atoms with E-state index in [1.54, 1.807) is 24.3 Å². The average molecular weight is 277 g/mol. The topological polar surface area (TPSA) is 44.1 Å². The summed E-state index contributed by atoms with van der Waals surface area (Å²) in [6.07, 6.45) is 1.91. The third kappa shape index (κ3) is 3.27. The molecule has 0 radical (unpaired) electrons. The zero-order valence-corrected chi connectivity index (χ0v) is 11.7. The van der Waals surface area contributed by atoms with Gasteiger partial charge in [-0.2, -0.15) is 5.26 Å². The molecule has 1 heterocycles. The minimum absolute atomic E-state index is 0.0118. The van der Waals surface area contributed by atoms with Gasteiger partial charge in [-0.25, -0.2) is 0 Å². The third-order valence-corrected chi connectivity index (χ3v) is 4.07. The number of benzene rings is 1. The van der Waals surface area contributed by atoms with Crippen molar-refractivity contribution >= 4 is 17.5 Å². The molecule has 1 unspecified atom stereocenters. The molecule has 1 fully saturated rings. The maximum atomic E-state index is 12.3. The van der Waals surface area contributed by atoms with Gasteiger partial charge in [-0.1, -0.05) is 6.07 Å². The van der Waals surface area contributed by atoms with Gasteiger partial charge in [0.05, 0.1) is 11.6 Å². The third-order valence-electron chi connectivity index (χ3n) is 3.72. The van der Waals surface area contributed by atoms with Gasteiger partial charge in [0, 0.05) is 24.0 Å². The van der Waals surface area contributed by atoms with Crippen molar-refractivity contribution in [1.82, 2.24) is 4.90 Å². The highest BCUT2D eigenvalue weighted by molar-refractivity contribution is 6.20. The zero-order chi connectivity index (χ0) is 13.8. The quantitative estimate of drug-likeness (QED) is 0.780. The minimum Gasteiger partial charge on any atom is -0.339 e. The highest BCUT2D eigenvalue weighted by atomic mass is 35.5. The van der Waals surface area contributed by atoms with Crippen LogP contribution >= 0.6 is 11.6 Å². The van der Waals surface area contributed by atoms with E-state index in [1.165, 1.54) is 0 Å². The summed E-state index contributed by atoms with van der Waals surface area (Å²) in [4.78, 5) is 14.2. The highest BCUT2D eigenvalue weighted by Gasteiger charge is 2.25. The first-order valence-corrected chi connectivity index (χ1v) is 6.99. The number of likely N-dealkylation sites (tertiary alicyclic amines) is 1. The second-order valence-electron chi connectivity index (χ2n) is 5.00. The summed E-state index contributed by atoms with van der Waals surface area (Å²) in [6, 6.07) is 8.93. The number of carbonyl (C=O) groups is 1. The minimum atomic E-state index is 0.0118. The fourth-order valence-electron chi connectivity index (χ4n) is 2.47. The SMILES string of the molecule is CC(Cl)C1CCN(C(=O)c2cccc(C#N)c2)CC1. The molecule has 0 saturated carbocycles. The molecule has 0 spiro atoms. The maximum Gasteiger partial charge on any atom is 0.253 e. The van der Waals surface area contributed by atoms with Crippen molar-refractivity contribution in [2.24, 2.45) is 5.92 Å². The Hall–Kier alpha value is -1.53. The van der Waals surface area contributed by atoms with Crippen molar-refractivity contribution in [1.29, 1.82) is 5.26 Å². The van der Waals surface area contributed by atoms with Gasteiger partial charge in [-0.15, -0.1) is 11.6 Å². The molecule has 0 bridgehead atoms. The second kappa shape index (κ2) is 6.08. The van der Waals surface area contributed by atoms with E-state index in [0.717, 1.165) is 25.9 Å². The Morgan fingerprint density at radius 1 is 1.47 bits per heavy atom. The summed E-state index contributed by atoms with van der Waals surface area (Å²) in [7, 11) is 0. The molecular formula is C15H17ClN2O. The van der Waals surface area contributed by atoms with E-state index < -0.39 is 0 Å². The predicted molar refractivity (Wildman–Crippen MR) is 75.1 cm³/mol. The van der Waals surface area contributed by atoms with Crippen LogP contribution in [-0.4, -0.2) is 29.3 Å². The Labute approximate surface area is 118 Å². The molecule has 1 atom stereocenters. The zero-order valence-electron chi connectivity index (χ0n) is 11.0.